The summed E-state index contributed by atoms with van der Waals surface area (Å²) in [6.07, 6.45) is 2.39. The van der Waals surface area contributed by atoms with Gasteiger partial charge >= 0.3 is 0 Å². The Morgan fingerprint density at radius 1 is 1.46 bits per heavy atom. The smallest absolute Gasteiger partial charge is 0.200 e. The van der Waals surface area contributed by atoms with Crippen LogP contribution in [0, 0.1) is 5.92 Å². The average molecular weight is 206 g/mol. The van der Waals surface area contributed by atoms with E-state index >= 15 is 0 Å². The van der Waals surface area contributed by atoms with E-state index in [1.54, 1.807) is 6.66 Å². The molecular formula is C9H19O3P. The number of hydrogen-bond donors (Lipinski definition) is 0. The quantitative estimate of drug-likeness (QED) is 0.475. The van der Waals surface area contributed by atoms with E-state index in [4.69, 9.17) is 4.52 Å². The summed E-state index contributed by atoms with van der Waals surface area (Å²) in [6.45, 7) is 6.31. The molecule has 0 radical (unpaired) electrons. The first-order valence-electron chi connectivity index (χ1n) is 4.62. The fraction of sp³-hybridized carbons (Fsp3) is 0.889. The Balaban J connectivity index is 3.62. The van der Waals surface area contributed by atoms with Gasteiger partial charge in [-0.1, -0.05) is 13.8 Å². The Morgan fingerprint density at radius 2 is 2.08 bits per heavy atom. The van der Waals surface area contributed by atoms with E-state index in [2.05, 4.69) is 13.8 Å². The van der Waals surface area contributed by atoms with Crippen molar-refractivity contribution in [3.05, 3.63) is 0 Å². The highest BCUT2D eigenvalue weighted by atomic mass is 31.2. The maximum Gasteiger partial charge on any atom is 0.200 e. The zero-order valence-electron chi connectivity index (χ0n) is 8.66. The lowest BCUT2D eigenvalue weighted by atomic mass is 10.2. The highest BCUT2D eigenvalue weighted by Gasteiger charge is 2.14. The van der Waals surface area contributed by atoms with Gasteiger partial charge in [0.25, 0.3) is 0 Å². The molecule has 0 saturated carbocycles. The SMILES string of the molecule is CC(C)CCOP(C)(=O)CCC=O. The molecule has 4 heteroatoms. The number of carbonyl (C=O) groups excluding carboxylic acids is 1. The summed E-state index contributed by atoms with van der Waals surface area (Å²) in [6, 6.07) is 0. The maximum absolute atomic E-state index is 11.6. The number of rotatable bonds is 7. The van der Waals surface area contributed by atoms with E-state index in [0.717, 1.165) is 12.7 Å². The average Bonchev–Trinajstić information content (AvgIpc) is 2.00. The molecular weight excluding hydrogens is 187 g/mol. The molecule has 0 aliphatic heterocycles. The van der Waals surface area contributed by atoms with Gasteiger partial charge in [0.15, 0.2) is 0 Å². The van der Waals surface area contributed by atoms with Gasteiger partial charge in [-0.05, 0) is 12.3 Å². The normalized spacial score (nSPS) is 15.7. The van der Waals surface area contributed by atoms with Gasteiger partial charge in [0.2, 0.25) is 7.37 Å². The van der Waals surface area contributed by atoms with Crippen LogP contribution in [0.2, 0.25) is 0 Å². The second-order valence-corrected chi connectivity index (χ2v) is 6.44. The van der Waals surface area contributed by atoms with Crippen LogP contribution in [0.5, 0.6) is 0 Å². The predicted octanol–water partition coefficient (Wildman–Crippen LogP) is 2.55. The van der Waals surface area contributed by atoms with E-state index in [9.17, 15) is 9.36 Å². The first kappa shape index (κ1) is 12.9. The van der Waals surface area contributed by atoms with Crippen LogP contribution >= 0.6 is 7.37 Å². The molecule has 3 nitrogen and oxygen atoms in total. The summed E-state index contributed by atoms with van der Waals surface area (Å²) >= 11 is 0. The van der Waals surface area contributed by atoms with Gasteiger partial charge in [-0.3, -0.25) is 4.57 Å². The number of hydrogen-bond acceptors (Lipinski definition) is 3. The second-order valence-electron chi connectivity index (χ2n) is 3.71. The monoisotopic (exact) mass is 206 g/mol. The maximum atomic E-state index is 11.6. The van der Waals surface area contributed by atoms with Crippen molar-refractivity contribution < 1.29 is 13.9 Å². The van der Waals surface area contributed by atoms with Gasteiger partial charge in [0.05, 0.1) is 6.61 Å². The molecule has 0 saturated heterocycles. The van der Waals surface area contributed by atoms with E-state index < -0.39 is 7.37 Å². The molecule has 0 N–H and O–H groups in total. The summed E-state index contributed by atoms with van der Waals surface area (Å²) in [4.78, 5) is 10.1. The molecule has 0 aliphatic carbocycles. The first-order valence-corrected chi connectivity index (χ1v) is 6.88. The first-order chi connectivity index (χ1) is 5.98. The highest BCUT2D eigenvalue weighted by Crippen LogP contribution is 2.42. The molecule has 0 amide bonds. The molecule has 0 aliphatic rings. The lowest BCUT2D eigenvalue weighted by Crippen LogP contribution is -2.00. The predicted molar refractivity (Wildman–Crippen MR) is 54.5 cm³/mol. The van der Waals surface area contributed by atoms with E-state index in [0.29, 0.717) is 25.1 Å². The third kappa shape index (κ3) is 8.20. The second kappa shape index (κ2) is 6.33. The van der Waals surface area contributed by atoms with Gasteiger partial charge in [-0.15, -0.1) is 0 Å². The number of aldehydes is 1. The van der Waals surface area contributed by atoms with Crippen LogP contribution in [0.15, 0.2) is 0 Å². The van der Waals surface area contributed by atoms with Crippen LogP contribution in [0.3, 0.4) is 0 Å². The third-order valence-electron chi connectivity index (χ3n) is 1.71. The molecule has 0 fully saturated rings. The zero-order valence-corrected chi connectivity index (χ0v) is 9.55. The van der Waals surface area contributed by atoms with E-state index in [1.807, 2.05) is 0 Å². The van der Waals surface area contributed by atoms with Crippen molar-refractivity contribution in [1.29, 1.82) is 0 Å². The molecule has 0 bridgehead atoms. The molecule has 13 heavy (non-hydrogen) atoms. The van der Waals surface area contributed by atoms with Crippen molar-refractivity contribution in [2.45, 2.75) is 26.7 Å². The number of carbonyl (C=O) groups is 1. The van der Waals surface area contributed by atoms with Crippen molar-refractivity contribution in [2.24, 2.45) is 5.92 Å². The lowest BCUT2D eigenvalue weighted by molar-refractivity contribution is -0.107. The van der Waals surface area contributed by atoms with Crippen LogP contribution in [0.25, 0.3) is 0 Å². The van der Waals surface area contributed by atoms with Crippen molar-refractivity contribution in [1.82, 2.24) is 0 Å². The Hall–Kier alpha value is -0.140. The van der Waals surface area contributed by atoms with Crippen molar-refractivity contribution in [2.75, 3.05) is 19.4 Å². The van der Waals surface area contributed by atoms with Crippen molar-refractivity contribution in [3.8, 4) is 0 Å². The summed E-state index contributed by atoms with van der Waals surface area (Å²) in [5, 5.41) is 0. The summed E-state index contributed by atoms with van der Waals surface area (Å²) < 4.78 is 16.8. The fourth-order valence-corrected chi connectivity index (χ4v) is 2.03. The van der Waals surface area contributed by atoms with Crippen LogP contribution in [0.4, 0.5) is 0 Å². The minimum Gasteiger partial charge on any atom is -0.329 e. The minimum absolute atomic E-state index is 0.329. The standard InChI is InChI=1S/C9H19O3P/c1-9(2)5-7-12-13(3,11)8-4-6-10/h6,9H,4-5,7-8H2,1-3H3. The Bertz CT molecular complexity index is 189. The summed E-state index contributed by atoms with van der Waals surface area (Å²) in [7, 11) is -2.50. The largest absolute Gasteiger partial charge is 0.329 e. The van der Waals surface area contributed by atoms with E-state index in [1.165, 1.54) is 0 Å². The van der Waals surface area contributed by atoms with Crippen LogP contribution in [-0.4, -0.2) is 25.7 Å². The Labute approximate surface area is 80.3 Å². The molecule has 0 aromatic heterocycles. The Morgan fingerprint density at radius 3 is 2.54 bits per heavy atom. The lowest BCUT2D eigenvalue weighted by Gasteiger charge is -2.13. The minimum atomic E-state index is -2.50. The van der Waals surface area contributed by atoms with Gasteiger partial charge in [0, 0.05) is 19.2 Å². The van der Waals surface area contributed by atoms with Crippen LogP contribution in [-0.2, 0) is 13.9 Å². The zero-order chi connectivity index (χ0) is 10.3. The molecule has 0 rings (SSSR count). The summed E-state index contributed by atoms with van der Waals surface area (Å²) in [5.41, 5.74) is 0. The van der Waals surface area contributed by atoms with E-state index in [-0.39, 0.29) is 0 Å². The topological polar surface area (TPSA) is 43.4 Å². The van der Waals surface area contributed by atoms with Gasteiger partial charge in [0.1, 0.15) is 6.29 Å². The molecule has 0 spiro atoms. The van der Waals surface area contributed by atoms with Gasteiger partial charge in [-0.2, -0.15) is 0 Å². The molecule has 1 unspecified atom stereocenters. The van der Waals surface area contributed by atoms with Crippen molar-refractivity contribution in [3.63, 3.8) is 0 Å². The highest BCUT2D eigenvalue weighted by molar-refractivity contribution is 7.58. The van der Waals surface area contributed by atoms with Crippen LogP contribution in [0.1, 0.15) is 26.7 Å². The molecule has 0 aromatic carbocycles. The summed E-state index contributed by atoms with van der Waals surface area (Å²) in [5.74, 6) is 0.561. The molecule has 0 aromatic rings. The van der Waals surface area contributed by atoms with Crippen molar-refractivity contribution >= 4 is 13.7 Å². The van der Waals surface area contributed by atoms with Gasteiger partial charge < -0.3 is 9.32 Å². The molecule has 0 heterocycles. The van der Waals surface area contributed by atoms with Gasteiger partial charge in [-0.25, -0.2) is 0 Å². The molecule has 78 valence electrons. The van der Waals surface area contributed by atoms with Crippen LogP contribution < -0.4 is 0 Å². The fourth-order valence-electron chi connectivity index (χ4n) is 0.833. The Kier molecular flexibility index (Phi) is 6.27. The molecule has 1 atom stereocenters. The third-order valence-corrected chi connectivity index (χ3v) is 3.51.